The van der Waals surface area contributed by atoms with Crippen molar-refractivity contribution in [2.24, 2.45) is 5.41 Å². The number of hydrogen-bond donors (Lipinski definition) is 2. The van der Waals surface area contributed by atoms with Crippen LogP contribution in [0.15, 0.2) is 24.3 Å². The Morgan fingerprint density at radius 2 is 2.00 bits per heavy atom. The number of rotatable bonds is 5. The minimum Gasteiger partial charge on any atom is -0.352 e. The van der Waals surface area contributed by atoms with Crippen LogP contribution in [0, 0.1) is 11.2 Å². The highest BCUT2D eigenvalue weighted by atomic mass is 19.1. The van der Waals surface area contributed by atoms with E-state index in [1.165, 1.54) is 12.1 Å². The zero-order valence-electron chi connectivity index (χ0n) is 10.6. The molecular weight excluding hydrogens is 231 g/mol. The first kappa shape index (κ1) is 13.0. The lowest BCUT2D eigenvalue weighted by Crippen LogP contribution is -2.50. The fourth-order valence-electron chi connectivity index (χ4n) is 2.40. The van der Waals surface area contributed by atoms with Gasteiger partial charge in [-0.2, -0.15) is 0 Å². The normalized spacial score (nSPS) is 17.0. The van der Waals surface area contributed by atoms with Gasteiger partial charge in [0, 0.05) is 13.1 Å². The van der Waals surface area contributed by atoms with Crippen LogP contribution >= 0.6 is 0 Å². The Labute approximate surface area is 107 Å². The first-order valence-corrected chi connectivity index (χ1v) is 6.34. The second-order valence-corrected chi connectivity index (χ2v) is 4.97. The zero-order valence-corrected chi connectivity index (χ0v) is 10.6. The van der Waals surface area contributed by atoms with Gasteiger partial charge in [-0.15, -0.1) is 0 Å². The zero-order chi connectivity index (χ0) is 13.0. The molecule has 1 amide bonds. The maximum atomic E-state index is 12.7. The van der Waals surface area contributed by atoms with Crippen molar-refractivity contribution >= 4 is 5.91 Å². The van der Waals surface area contributed by atoms with E-state index in [0.717, 1.165) is 31.4 Å². The lowest BCUT2D eigenvalue weighted by atomic mass is 9.68. The van der Waals surface area contributed by atoms with Crippen LogP contribution in [0.2, 0.25) is 0 Å². The van der Waals surface area contributed by atoms with E-state index >= 15 is 0 Å². The van der Waals surface area contributed by atoms with E-state index in [9.17, 15) is 9.18 Å². The third-order valence-corrected chi connectivity index (χ3v) is 3.67. The van der Waals surface area contributed by atoms with E-state index in [0.29, 0.717) is 6.54 Å². The molecule has 0 bridgehead atoms. The van der Waals surface area contributed by atoms with Gasteiger partial charge in [0.1, 0.15) is 5.82 Å². The van der Waals surface area contributed by atoms with Crippen LogP contribution < -0.4 is 10.6 Å². The van der Waals surface area contributed by atoms with Crippen LogP contribution in [0.3, 0.4) is 0 Å². The molecule has 0 saturated heterocycles. The van der Waals surface area contributed by atoms with Crippen molar-refractivity contribution in [3.63, 3.8) is 0 Å². The van der Waals surface area contributed by atoms with E-state index in [1.807, 2.05) is 7.05 Å². The highest BCUT2D eigenvalue weighted by molar-refractivity contribution is 5.83. The number of amides is 1. The first-order valence-electron chi connectivity index (χ1n) is 6.34. The molecule has 1 saturated carbocycles. The predicted molar refractivity (Wildman–Crippen MR) is 68.5 cm³/mol. The van der Waals surface area contributed by atoms with Crippen molar-refractivity contribution in [3.8, 4) is 0 Å². The molecule has 0 spiro atoms. The van der Waals surface area contributed by atoms with Crippen LogP contribution in [0.1, 0.15) is 24.8 Å². The molecular formula is C14H19FN2O. The Kier molecular flexibility index (Phi) is 3.97. The first-order chi connectivity index (χ1) is 8.66. The molecule has 98 valence electrons. The summed E-state index contributed by atoms with van der Waals surface area (Å²) in [6.45, 7) is 1.19. The molecule has 18 heavy (non-hydrogen) atoms. The number of nitrogens with one attached hydrogen (secondary N) is 2. The van der Waals surface area contributed by atoms with E-state index in [4.69, 9.17) is 0 Å². The van der Waals surface area contributed by atoms with E-state index in [2.05, 4.69) is 10.6 Å². The Morgan fingerprint density at radius 3 is 2.50 bits per heavy atom. The summed E-state index contributed by atoms with van der Waals surface area (Å²) in [6.07, 6.45) is 3.01. The highest BCUT2D eigenvalue weighted by Gasteiger charge is 2.43. The molecule has 1 aromatic rings. The second-order valence-electron chi connectivity index (χ2n) is 4.97. The monoisotopic (exact) mass is 250 g/mol. The molecule has 2 N–H and O–H groups in total. The van der Waals surface area contributed by atoms with Crippen molar-refractivity contribution in [1.29, 1.82) is 0 Å². The van der Waals surface area contributed by atoms with E-state index in [1.54, 1.807) is 12.1 Å². The summed E-state index contributed by atoms with van der Waals surface area (Å²) in [5.41, 5.74) is 0.693. The number of hydrogen-bond acceptors (Lipinski definition) is 2. The maximum absolute atomic E-state index is 12.7. The standard InChI is InChI=1S/C14H19FN2O/c1-16-10-14(7-2-8-14)13(18)17-9-11-3-5-12(15)6-4-11/h3-6,16H,2,7-10H2,1H3,(H,17,18). The molecule has 2 rings (SSSR count). The minimum absolute atomic E-state index is 0.104. The van der Waals surface area contributed by atoms with Gasteiger partial charge in [0.2, 0.25) is 5.91 Å². The molecule has 0 radical (unpaired) electrons. The van der Waals surface area contributed by atoms with Gasteiger partial charge in [-0.3, -0.25) is 4.79 Å². The number of carbonyl (C=O) groups excluding carboxylic acids is 1. The molecule has 3 nitrogen and oxygen atoms in total. The van der Waals surface area contributed by atoms with Gasteiger partial charge in [-0.05, 0) is 37.6 Å². The molecule has 4 heteroatoms. The van der Waals surface area contributed by atoms with Gasteiger partial charge >= 0.3 is 0 Å². The summed E-state index contributed by atoms with van der Waals surface area (Å²) in [4.78, 5) is 12.2. The van der Waals surface area contributed by atoms with E-state index in [-0.39, 0.29) is 17.1 Å². The molecule has 0 aromatic heterocycles. The summed E-state index contributed by atoms with van der Waals surface area (Å²) in [5.74, 6) is -0.150. The lowest BCUT2D eigenvalue weighted by Gasteiger charge is -2.40. The van der Waals surface area contributed by atoms with Gasteiger partial charge in [0.25, 0.3) is 0 Å². The number of halogens is 1. The Balaban J connectivity index is 1.89. The molecule has 1 aliphatic carbocycles. The Hall–Kier alpha value is -1.42. The van der Waals surface area contributed by atoms with Crippen molar-refractivity contribution < 1.29 is 9.18 Å². The van der Waals surface area contributed by atoms with Gasteiger partial charge in [-0.1, -0.05) is 18.6 Å². The molecule has 1 fully saturated rings. The van der Waals surface area contributed by atoms with Gasteiger partial charge < -0.3 is 10.6 Å². The van der Waals surface area contributed by atoms with Crippen molar-refractivity contribution in [1.82, 2.24) is 10.6 Å². The fourth-order valence-corrected chi connectivity index (χ4v) is 2.40. The fraction of sp³-hybridized carbons (Fsp3) is 0.500. The van der Waals surface area contributed by atoms with E-state index < -0.39 is 0 Å². The SMILES string of the molecule is CNCC1(C(=O)NCc2ccc(F)cc2)CCC1. The van der Waals surface area contributed by atoms with Crippen LogP contribution in [-0.2, 0) is 11.3 Å². The van der Waals surface area contributed by atoms with Crippen LogP contribution in [0.4, 0.5) is 4.39 Å². The Morgan fingerprint density at radius 1 is 1.33 bits per heavy atom. The quantitative estimate of drug-likeness (QED) is 0.837. The van der Waals surface area contributed by atoms with Crippen molar-refractivity contribution in [2.75, 3.05) is 13.6 Å². The molecule has 0 atom stereocenters. The average Bonchev–Trinajstić information content (AvgIpc) is 2.32. The summed E-state index contributed by atoms with van der Waals surface area (Å²) >= 11 is 0. The second kappa shape index (κ2) is 5.48. The molecule has 1 aromatic carbocycles. The maximum Gasteiger partial charge on any atom is 0.227 e. The summed E-state index contributed by atoms with van der Waals surface area (Å²) in [7, 11) is 1.87. The number of carbonyl (C=O) groups is 1. The third kappa shape index (κ3) is 2.70. The van der Waals surface area contributed by atoms with Crippen LogP contribution in [0.25, 0.3) is 0 Å². The van der Waals surface area contributed by atoms with Crippen molar-refractivity contribution in [2.45, 2.75) is 25.8 Å². The lowest BCUT2D eigenvalue weighted by molar-refractivity contribution is -0.135. The van der Waals surface area contributed by atoms with Crippen molar-refractivity contribution in [3.05, 3.63) is 35.6 Å². The molecule has 0 unspecified atom stereocenters. The third-order valence-electron chi connectivity index (χ3n) is 3.67. The van der Waals surface area contributed by atoms with Crippen LogP contribution in [0.5, 0.6) is 0 Å². The predicted octanol–water partition coefficient (Wildman–Crippen LogP) is 1.83. The van der Waals surface area contributed by atoms with Gasteiger partial charge in [0.05, 0.1) is 5.41 Å². The topological polar surface area (TPSA) is 41.1 Å². The summed E-state index contributed by atoms with van der Waals surface area (Å²) in [6, 6.07) is 6.21. The smallest absolute Gasteiger partial charge is 0.227 e. The molecule has 0 aliphatic heterocycles. The van der Waals surface area contributed by atoms with Gasteiger partial charge in [-0.25, -0.2) is 4.39 Å². The number of benzene rings is 1. The highest BCUT2D eigenvalue weighted by Crippen LogP contribution is 2.40. The molecule has 1 aliphatic rings. The summed E-state index contributed by atoms with van der Waals surface area (Å²) < 4.78 is 12.7. The largest absolute Gasteiger partial charge is 0.352 e. The molecule has 0 heterocycles. The minimum atomic E-state index is -0.254. The van der Waals surface area contributed by atoms with Crippen LogP contribution in [-0.4, -0.2) is 19.5 Å². The van der Waals surface area contributed by atoms with Gasteiger partial charge in [0.15, 0.2) is 0 Å². The summed E-state index contributed by atoms with van der Waals surface area (Å²) in [5, 5.41) is 6.03. The average molecular weight is 250 g/mol. The Bertz CT molecular complexity index is 412.